The van der Waals surface area contributed by atoms with Gasteiger partial charge in [0, 0.05) is 13.1 Å². The van der Waals surface area contributed by atoms with Crippen LogP contribution in [0.15, 0.2) is 0 Å². The molecular formula is C8H15BO4. The van der Waals surface area contributed by atoms with Crippen molar-refractivity contribution in [2.75, 3.05) is 13.7 Å². The number of hydrogen-bond donors (Lipinski definition) is 2. The monoisotopic (exact) mass is 186 g/mol. The van der Waals surface area contributed by atoms with Gasteiger partial charge in [0.05, 0.1) is 6.61 Å². The van der Waals surface area contributed by atoms with E-state index >= 15 is 0 Å². The van der Waals surface area contributed by atoms with E-state index in [4.69, 9.17) is 22.4 Å². The highest BCUT2D eigenvalue weighted by Crippen LogP contribution is 2.33. The first-order chi connectivity index (χ1) is 6.11. The third kappa shape index (κ3) is 1.61. The Kier molecular flexibility index (Phi) is 3.35. The van der Waals surface area contributed by atoms with Crippen molar-refractivity contribution in [3.63, 3.8) is 0 Å². The second-order valence-corrected chi connectivity index (χ2v) is 3.30. The highest BCUT2D eigenvalue weighted by Gasteiger charge is 2.51. The van der Waals surface area contributed by atoms with Crippen molar-refractivity contribution in [1.82, 2.24) is 0 Å². The molecule has 5 heteroatoms. The molecule has 1 rings (SSSR count). The molecule has 0 saturated carbocycles. The summed E-state index contributed by atoms with van der Waals surface area (Å²) >= 11 is 0. The summed E-state index contributed by atoms with van der Waals surface area (Å²) < 4.78 is 10.3. The molecule has 0 aromatic rings. The van der Waals surface area contributed by atoms with Crippen LogP contribution in [0.25, 0.3) is 0 Å². The number of rotatable bonds is 3. The van der Waals surface area contributed by atoms with Crippen LogP contribution >= 0.6 is 0 Å². The van der Waals surface area contributed by atoms with E-state index < -0.39 is 23.8 Å². The van der Waals surface area contributed by atoms with E-state index in [0.717, 1.165) is 0 Å². The van der Waals surface area contributed by atoms with Gasteiger partial charge in [0.1, 0.15) is 25.7 Å². The molecule has 0 spiro atoms. The Morgan fingerprint density at radius 3 is 2.46 bits per heavy atom. The van der Waals surface area contributed by atoms with Gasteiger partial charge >= 0.3 is 0 Å². The molecule has 4 atom stereocenters. The predicted molar refractivity (Wildman–Crippen MR) is 47.5 cm³/mol. The maximum atomic E-state index is 9.78. The van der Waals surface area contributed by atoms with Crippen LogP contribution in [-0.4, -0.2) is 55.6 Å². The average molecular weight is 186 g/mol. The van der Waals surface area contributed by atoms with Gasteiger partial charge in [-0.3, -0.25) is 0 Å². The molecule has 1 fully saturated rings. The molecule has 0 amide bonds. The minimum atomic E-state index is -0.958. The molecule has 0 unspecified atom stereocenters. The molecule has 0 bridgehead atoms. The van der Waals surface area contributed by atoms with Crippen LogP contribution in [0.4, 0.5) is 0 Å². The summed E-state index contributed by atoms with van der Waals surface area (Å²) in [6.45, 7) is 1.57. The van der Waals surface area contributed by atoms with Gasteiger partial charge in [-0.2, -0.15) is 0 Å². The molecule has 1 saturated heterocycles. The average Bonchev–Trinajstić information content (AvgIpc) is 2.38. The SMILES string of the molecule is [B][C@@H]1O[C@](CC)(CO)[C@@H](O)[C@H]1OC. The topological polar surface area (TPSA) is 58.9 Å². The lowest BCUT2D eigenvalue weighted by molar-refractivity contribution is -0.102. The van der Waals surface area contributed by atoms with Gasteiger partial charge in [-0.1, -0.05) is 6.92 Å². The second kappa shape index (κ2) is 3.96. The minimum absolute atomic E-state index is 0.252. The zero-order valence-corrected chi connectivity index (χ0v) is 7.93. The quantitative estimate of drug-likeness (QED) is 0.556. The Morgan fingerprint density at radius 1 is 1.62 bits per heavy atom. The Balaban J connectivity index is 2.80. The maximum absolute atomic E-state index is 9.78. The fourth-order valence-electron chi connectivity index (χ4n) is 1.68. The van der Waals surface area contributed by atoms with Crippen molar-refractivity contribution in [2.45, 2.75) is 37.2 Å². The Labute approximate surface area is 79.3 Å². The van der Waals surface area contributed by atoms with Crippen LogP contribution in [0.5, 0.6) is 0 Å². The molecule has 1 heterocycles. The van der Waals surface area contributed by atoms with Crippen molar-refractivity contribution in [1.29, 1.82) is 0 Å². The van der Waals surface area contributed by atoms with Crippen LogP contribution in [0.1, 0.15) is 13.3 Å². The number of methoxy groups -OCH3 is 1. The summed E-state index contributed by atoms with van der Waals surface area (Å²) in [7, 11) is 7.05. The number of hydrogen-bond acceptors (Lipinski definition) is 4. The van der Waals surface area contributed by atoms with Crippen molar-refractivity contribution < 1.29 is 19.7 Å². The van der Waals surface area contributed by atoms with E-state index in [1.807, 2.05) is 6.92 Å². The smallest absolute Gasteiger partial charge is 0.119 e. The molecule has 2 N–H and O–H groups in total. The standard InChI is InChI=1S/C8H15BO4/c1-3-8(4-10)6(11)5(12-2)7(9)13-8/h5-7,10-11H,3-4H2,1-2H3/t5-,6+,7-,8-/m1/s1. The molecule has 0 aliphatic carbocycles. The summed E-state index contributed by atoms with van der Waals surface area (Å²) in [4.78, 5) is 0. The van der Waals surface area contributed by atoms with E-state index in [1.54, 1.807) is 0 Å². The molecular weight excluding hydrogens is 171 g/mol. The fourth-order valence-corrected chi connectivity index (χ4v) is 1.68. The summed E-state index contributed by atoms with van der Waals surface area (Å²) in [6, 6.07) is -0.674. The van der Waals surface area contributed by atoms with E-state index in [9.17, 15) is 5.11 Å². The molecule has 1 aliphatic rings. The first-order valence-corrected chi connectivity index (χ1v) is 4.36. The fraction of sp³-hybridized carbons (Fsp3) is 1.00. The zero-order chi connectivity index (χ0) is 10.1. The summed E-state index contributed by atoms with van der Waals surface area (Å²) in [5.74, 6) is 0. The zero-order valence-electron chi connectivity index (χ0n) is 7.93. The first kappa shape index (κ1) is 11.0. The van der Waals surface area contributed by atoms with Gasteiger partial charge in [0.25, 0.3) is 0 Å². The third-order valence-corrected chi connectivity index (χ3v) is 2.68. The molecule has 1 aliphatic heterocycles. The van der Waals surface area contributed by atoms with Crippen LogP contribution in [-0.2, 0) is 9.47 Å². The highest BCUT2D eigenvalue weighted by atomic mass is 16.6. The number of ether oxygens (including phenoxy) is 2. The van der Waals surface area contributed by atoms with Crippen molar-refractivity contribution in [3.05, 3.63) is 0 Å². The molecule has 13 heavy (non-hydrogen) atoms. The van der Waals surface area contributed by atoms with Gasteiger partial charge in [-0.15, -0.1) is 0 Å². The van der Waals surface area contributed by atoms with E-state index in [-0.39, 0.29) is 6.61 Å². The lowest BCUT2D eigenvalue weighted by atomic mass is 9.88. The van der Waals surface area contributed by atoms with Gasteiger partial charge in [-0.05, 0) is 6.42 Å². The maximum Gasteiger partial charge on any atom is 0.119 e. The first-order valence-electron chi connectivity index (χ1n) is 4.36. The van der Waals surface area contributed by atoms with E-state index in [0.29, 0.717) is 6.42 Å². The van der Waals surface area contributed by atoms with Gasteiger partial charge < -0.3 is 19.7 Å². The second-order valence-electron chi connectivity index (χ2n) is 3.30. The predicted octanol–water partition coefficient (Wildman–Crippen LogP) is -0.972. The normalized spacial score (nSPS) is 45.4. The molecule has 74 valence electrons. The third-order valence-electron chi connectivity index (χ3n) is 2.68. The summed E-state index contributed by atoms with van der Waals surface area (Å²) in [5, 5.41) is 18.9. The Bertz CT molecular complexity index is 172. The van der Waals surface area contributed by atoms with Crippen LogP contribution < -0.4 is 0 Å². The van der Waals surface area contributed by atoms with Crippen LogP contribution in [0.2, 0.25) is 0 Å². The Morgan fingerprint density at radius 2 is 2.23 bits per heavy atom. The summed E-state index contributed by atoms with van der Waals surface area (Å²) in [5.41, 5.74) is -0.958. The Hall–Kier alpha value is -0.0951. The van der Waals surface area contributed by atoms with Crippen LogP contribution in [0.3, 0.4) is 0 Å². The molecule has 4 nitrogen and oxygen atoms in total. The van der Waals surface area contributed by atoms with E-state index in [2.05, 4.69) is 0 Å². The van der Waals surface area contributed by atoms with Crippen molar-refractivity contribution in [2.24, 2.45) is 0 Å². The van der Waals surface area contributed by atoms with E-state index in [1.165, 1.54) is 7.11 Å². The van der Waals surface area contributed by atoms with Gasteiger partial charge in [0.15, 0.2) is 0 Å². The van der Waals surface area contributed by atoms with Crippen LogP contribution in [0, 0.1) is 0 Å². The van der Waals surface area contributed by atoms with Crippen molar-refractivity contribution >= 4 is 7.85 Å². The summed E-state index contributed by atoms with van der Waals surface area (Å²) in [6.07, 6.45) is -0.937. The molecule has 0 aromatic carbocycles. The number of aliphatic hydroxyl groups excluding tert-OH is 2. The lowest BCUT2D eigenvalue weighted by Crippen LogP contribution is -2.46. The van der Waals surface area contributed by atoms with Gasteiger partial charge in [0.2, 0.25) is 0 Å². The molecule has 0 aromatic heterocycles. The highest BCUT2D eigenvalue weighted by molar-refractivity contribution is 6.11. The largest absolute Gasteiger partial charge is 0.393 e. The molecule has 2 radical (unpaired) electrons. The van der Waals surface area contributed by atoms with Crippen molar-refractivity contribution in [3.8, 4) is 0 Å². The number of aliphatic hydroxyl groups is 2. The minimum Gasteiger partial charge on any atom is -0.393 e. The lowest BCUT2D eigenvalue weighted by Gasteiger charge is -2.28. The van der Waals surface area contributed by atoms with Gasteiger partial charge in [-0.25, -0.2) is 0 Å².